The van der Waals surface area contributed by atoms with E-state index in [9.17, 15) is 4.79 Å². The van der Waals surface area contributed by atoms with Gasteiger partial charge in [0.2, 0.25) is 17.6 Å². The molecule has 0 bridgehead atoms. The lowest BCUT2D eigenvalue weighted by Crippen LogP contribution is -2.40. The molecule has 4 rings (SSSR count). The number of aryl methyl sites for hydroxylation is 1. The molecular formula is C23H24Cl2N4O2. The number of nitrogens with zero attached hydrogens (tertiary/aromatic N) is 3. The van der Waals surface area contributed by atoms with E-state index in [1.54, 1.807) is 12.1 Å². The van der Waals surface area contributed by atoms with E-state index < -0.39 is 0 Å². The predicted octanol–water partition coefficient (Wildman–Crippen LogP) is 4.88. The molecule has 31 heavy (non-hydrogen) atoms. The lowest BCUT2D eigenvalue weighted by Gasteiger charge is -2.30. The number of likely N-dealkylation sites (tertiary alicyclic amines) is 1. The second kappa shape index (κ2) is 9.81. The van der Waals surface area contributed by atoms with Crippen LogP contribution in [0.5, 0.6) is 0 Å². The highest BCUT2D eigenvalue weighted by atomic mass is 35.5. The summed E-state index contributed by atoms with van der Waals surface area (Å²) in [7, 11) is 0. The number of aromatic nitrogens is 2. The highest BCUT2D eigenvalue weighted by Gasteiger charge is 2.26. The molecule has 6 nitrogen and oxygen atoms in total. The standard InChI is InChI=1S/C23H24Cl2N4O2/c1-15-4-2-3-5-19(15)22-27-21(31-28-22)14-29-10-8-16(9-11-29)23(30)26-13-17-6-7-18(24)12-20(17)25/h2-7,12,16H,8-11,13-14H2,1H3,(H,26,30). The van der Waals surface area contributed by atoms with Crippen LogP contribution >= 0.6 is 23.2 Å². The molecule has 1 saturated heterocycles. The first-order valence-corrected chi connectivity index (χ1v) is 11.1. The van der Waals surface area contributed by atoms with Crippen LogP contribution in [-0.4, -0.2) is 34.0 Å². The number of carbonyl (C=O) groups is 1. The minimum absolute atomic E-state index is 0.00691. The molecule has 1 aliphatic heterocycles. The topological polar surface area (TPSA) is 71.3 Å². The third-order valence-electron chi connectivity index (χ3n) is 5.64. The largest absolute Gasteiger partial charge is 0.352 e. The fourth-order valence-electron chi connectivity index (χ4n) is 3.79. The van der Waals surface area contributed by atoms with Gasteiger partial charge >= 0.3 is 0 Å². The minimum atomic E-state index is -0.00691. The third kappa shape index (κ3) is 5.45. The van der Waals surface area contributed by atoms with E-state index in [0.29, 0.717) is 34.8 Å². The van der Waals surface area contributed by atoms with Crippen molar-refractivity contribution >= 4 is 29.1 Å². The fraction of sp³-hybridized carbons (Fsp3) is 0.348. The number of benzene rings is 2. The first-order valence-electron chi connectivity index (χ1n) is 10.3. The lowest BCUT2D eigenvalue weighted by molar-refractivity contribution is -0.126. The van der Waals surface area contributed by atoms with Gasteiger partial charge in [0.05, 0.1) is 6.54 Å². The SMILES string of the molecule is Cc1ccccc1-c1noc(CN2CCC(C(=O)NCc3ccc(Cl)cc3Cl)CC2)n1. The molecule has 2 heterocycles. The average molecular weight is 459 g/mol. The van der Waals surface area contributed by atoms with Crippen LogP contribution in [0.3, 0.4) is 0 Å². The Morgan fingerprint density at radius 3 is 2.71 bits per heavy atom. The molecule has 0 unspecified atom stereocenters. The molecule has 1 amide bonds. The zero-order valence-corrected chi connectivity index (χ0v) is 18.8. The van der Waals surface area contributed by atoms with Crippen molar-refractivity contribution in [1.82, 2.24) is 20.4 Å². The van der Waals surface area contributed by atoms with Crippen LogP contribution in [0.25, 0.3) is 11.4 Å². The number of nitrogens with one attached hydrogen (secondary N) is 1. The van der Waals surface area contributed by atoms with Crippen molar-refractivity contribution in [3.8, 4) is 11.4 Å². The van der Waals surface area contributed by atoms with Crippen molar-refractivity contribution in [3.05, 3.63) is 69.5 Å². The number of piperidine rings is 1. The van der Waals surface area contributed by atoms with Gasteiger partial charge in [0.15, 0.2) is 0 Å². The molecule has 1 aromatic heterocycles. The van der Waals surface area contributed by atoms with Crippen molar-refractivity contribution in [2.75, 3.05) is 13.1 Å². The molecular weight excluding hydrogens is 435 g/mol. The van der Waals surface area contributed by atoms with Crippen molar-refractivity contribution < 1.29 is 9.32 Å². The van der Waals surface area contributed by atoms with Gasteiger partial charge in [-0.25, -0.2) is 0 Å². The average Bonchev–Trinajstić information content (AvgIpc) is 3.22. The maximum Gasteiger partial charge on any atom is 0.241 e. The van der Waals surface area contributed by atoms with Gasteiger partial charge in [-0.3, -0.25) is 9.69 Å². The molecule has 162 valence electrons. The van der Waals surface area contributed by atoms with E-state index in [1.807, 2.05) is 37.3 Å². The maximum atomic E-state index is 12.6. The van der Waals surface area contributed by atoms with Crippen LogP contribution in [0.15, 0.2) is 47.0 Å². The molecule has 0 spiro atoms. The summed E-state index contributed by atoms with van der Waals surface area (Å²) in [5, 5.41) is 8.27. The van der Waals surface area contributed by atoms with Crippen molar-refractivity contribution in [1.29, 1.82) is 0 Å². The molecule has 0 atom stereocenters. The Morgan fingerprint density at radius 2 is 1.97 bits per heavy atom. The molecule has 8 heteroatoms. The van der Waals surface area contributed by atoms with Gasteiger partial charge < -0.3 is 9.84 Å². The van der Waals surface area contributed by atoms with Gasteiger partial charge in [-0.05, 0) is 56.1 Å². The molecule has 0 aliphatic carbocycles. The predicted molar refractivity (Wildman–Crippen MR) is 121 cm³/mol. The van der Waals surface area contributed by atoms with Crippen LogP contribution < -0.4 is 5.32 Å². The molecule has 1 aliphatic rings. The van der Waals surface area contributed by atoms with E-state index in [1.165, 1.54) is 0 Å². The summed E-state index contributed by atoms with van der Waals surface area (Å²) in [4.78, 5) is 19.4. The number of halogens is 2. The van der Waals surface area contributed by atoms with Crippen LogP contribution in [-0.2, 0) is 17.9 Å². The van der Waals surface area contributed by atoms with Gasteiger partial charge in [-0.2, -0.15) is 4.98 Å². The van der Waals surface area contributed by atoms with Crippen LogP contribution in [0.4, 0.5) is 0 Å². The summed E-state index contributed by atoms with van der Waals surface area (Å²) in [5.74, 6) is 1.26. The minimum Gasteiger partial charge on any atom is -0.352 e. The van der Waals surface area contributed by atoms with Crippen LogP contribution in [0.1, 0.15) is 29.9 Å². The van der Waals surface area contributed by atoms with E-state index in [4.69, 9.17) is 27.7 Å². The second-order valence-electron chi connectivity index (χ2n) is 7.83. The number of hydrogen-bond donors (Lipinski definition) is 1. The van der Waals surface area contributed by atoms with Gasteiger partial charge in [0.1, 0.15) is 0 Å². The summed E-state index contributed by atoms with van der Waals surface area (Å²) < 4.78 is 5.45. The molecule has 3 aromatic rings. The summed E-state index contributed by atoms with van der Waals surface area (Å²) >= 11 is 12.1. The highest BCUT2D eigenvalue weighted by molar-refractivity contribution is 6.35. The Bertz CT molecular complexity index is 1060. The van der Waals surface area contributed by atoms with Crippen molar-refractivity contribution in [2.24, 2.45) is 5.92 Å². The first-order chi connectivity index (χ1) is 15.0. The zero-order chi connectivity index (χ0) is 21.8. The maximum absolute atomic E-state index is 12.6. The first kappa shape index (κ1) is 21.8. The fourth-order valence-corrected chi connectivity index (χ4v) is 4.26. The van der Waals surface area contributed by atoms with Crippen LogP contribution in [0, 0.1) is 12.8 Å². The van der Waals surface area contributed by atoms with Crippen LogP contribution in [0.2, 0.25) is 10.0 Å². The molecule has 1 N–H and O–H groups in total. The van der Waals surface area contributed by atoms with Crippen molar-refractivity contribution in [3.63, 3.8) is 0 Å². The Labute approximate surface area is 191 Å². The smallest absolute Gasteiger partial charge is 0.241 e. The number of hydrogen-bond acceptors (Lipinski definition) is 5. The van der Waals surface area contributed by atoms with Gasteiger partial charge in [0.25, 0.3) is 0 Å². The highest BCUT2D eigenvalue weighted by Crippen LogP contribution is 2.23. The number of amides is 1. The summed E-state index contributed by atoms with van der Waals surface area (Å²) in [6.45, 7) is 4.64. The van der Waals surface area contributed by atoms with Gasteiger partial charge in [-0.15, -0.1) is 0 Å². The Morgan fingerprint density at radius 1 is 1.19 bits per heavy atom. The Balaban J connectivity index is 1.26. The lowest BCUT2D eigenvalue weighted by atomic mass is 9.96. The number of carbonyl (C=O) groups excluding carboxylic acids is 1. The summed E-state index contributed by atoms with van der Waals surface area (Å²) in [6.07, 6.45) is 1.58. The van der Waals surface area contributed by atoms with E-state index in [2.05, 4.69) is 20.4 Å². The normalized spacial score (nSPS) is 15.2. The molecule has 0 radical (unpaired) electrons. The second-order valence-corrected chi connectivity index (χ2v) is 8.67. The third-order valence-corrected chi connectivity index (χ3v) is 6.23. The monoisotopic (exact) mass is 458 g/mol. The van der Waals surface area contributed by atoms with Crippen molar-refractivity contribution in [2.45, 2.75) is 32.9 Å². The molecule has 1 fully saturated rings. The zero-order valence-electron chi connectivity index (χ0n) is 17.3. The molecule has 2 aromatic carbocycles. The quantitative estimate of drug-likeness (QED) is 0.569. The van der Waals surface area contributed by atoms with Gasteiger partial charge in [0, 0.05) is 28.1 Å². The van der Waals surface area contributed by atoms with E-state index in [0.717, 1.165) is 42.6 Å². The number of rotatable bonds is 6. The molecule has 0 saturated carbocycles. The summed E-state index contributed by atoms with van der Waals surface area (Å²) in [5.41, 5.74) is 2.95. The van der Waals surface area contributed by atoms with E-state index >= 15 is 0 Å². The van der Waals surface area contributed by atoms with Gasteiger partial charge in [-0.1, -0.05) is 58.7 Å². The van der Waals surface area contributed by atoms with E-state index in [-0.39, 0.29) is 11.8 Å². The Hall–Kier alpha value is -2.41. The Kier molecular flexibility index (Phi) is 6.90. The summed E-state index contributed by atoms with van der Waals surface area (Å²) in [6, 6.07) is 13.3.